The molecule has 0 aromatic heterocycles. The van der Waals surface area contributed by atoms with Crippen LogP contribution in [0.15, 0.2) is 0 Å². The summed E-state index contributed by atoms with van der Waals surface area (Å²) >= 11 is 1.67. The highest BCUT2D eigenvalue weighted by Gasteiger charge is 2.27. The first-order chi connectivity index (χ1) is 8.15. The van der Waals surface area contributed by atoms with E-state index in [-0.39, 0.29) is 18.5 Å². The lowest BCUT2D eigenvalue weighted by Crippen LogP contribution is -2.49. The molecular formula is C11H20N2O3S. The molecule has 2 amide bonds. The van der Waals surface area contributed by atoms with E-state index in [0.717, 1.165) is 25.0 Å². The molecule has 0 spiro atoms. The van der Waals surface area contributed by atoms with E-state index in [1.807, 2.05) is 6.26 Å². The van der Waals surface area contributed by atoms with Gasteiger partial charge >= 0.3 is 12.0 Å². The fraction of sp³-hybridized carbons (Fsp3) is 0.818. The molecule has 98 valence electrons. The first kappa shape index (κ1) is 14.2. The van der Waals surface area contributed by atoms with Crippen molar-refractivity contribution in [3.05, 3.63) is 0 Å². The van der Waals surface area contributed by atoms with Crippen LogP contribution in [0.4, 0.5) is 4.79 Å². The molecule has 1 unspecified atom stereocenters. The Morgan fingerprint density at radius 3 is 2.88 bits per heavy atom. The Kier molecular flexibility index (Phi) is 6.18. The van der Waals surface area contributed by atoms with E-state index in [9.17, 15) is 9.59 Å². The molecule has 0 bridgehead atoms. The van der Waals surface area contributed by atoms with Crippen LogP contribution in [-0.4, -0.2) is 53.1 Å². The molecule has 1 aliphatic rings. The highest BCUT2D eigenvalue weighted by atomic mass is 32.2. The number of carboxylic acids is 1. The zero-order valence-electron chi connectivity index (χ0n) is 10.1. The van der Waals surface area contributed by atoms with Crippen LogP contribution in [0.1, 0.15) is 25.7 Å². The minimum absolute atomic E-state index is 0.0515. The Balaban J connectivity index is 2.45. The average molecular weight is 260 g/mol. The van der Waals surface area contributed by atoms with Crippen LogP contribution in [0.2, 0.25) is 0 Å². The molecule has 1 saturated heterocycles. The van der Waals surface area contributed by atoms with Crippen LogP contribution in [0, 0.1) is 0 Å². The molecule has 1 atom stereocenters. The third-order valence-corrected chi connectivity index (χ3v) is 3.49. The summed E-state index contributed by atoms with van der Waals surface area (Å²) < 4.78 is 0. The second-order valence-electron chi connectivity index (χ2n) is 4.17. The Morgan fingerprint density at radius 1 is 1.47 bits per heavy atom. The molecule has 1 rings (SSSR count). The van der Waals surface area contributed by atoms with Gasteiger partial charge in [-0.25, -0.2) is 4.79 Å². The van der Waals surface area contributed by atoms with Crippen LogP contribution in [0.3, 0.4) is 0 Å². The van der Waals surface area contributed by atoms with Crippen molar-refractivity contribution in [3.8, 4) is 0 Å². The first-order valence-electron chi connectivity index (χ1n) is 5.90. The van der Waals surface area contributed by atoms with Gasteiger partial charge in [-0.15, -0.1) is 0 Å². The molecular weight excluding hydrogens is 240 g/mol. The van der Waals surface area contributed by atoms with E-state index < -0.39 is 5.97 Å². The monoisotopic (exact) mass is 260 g/mol. The van der Waals surface area contributed by atoms with Gasteiger partial charge in [0.15, 0.2) is 0 Å². The van der Waals surface area contributed by atoms with Gasteiger partial charge in [-0.3, -0.25) is 4.79 Å². The predicted octanol–water partition coefficient (Wildman–Crippen LogP) is 1.39. The predicted molar refractivity (Wildman–Crippen MR) is 68.4 cm³/mol. The summed E-state index contributed by atoms with van der Waals surface area (Å²) in [4.78, 5) is 24.3. The number of rotatable bonds is 5. The molecule has 6 heteroatoms. The number of urea groups is 1. The minimum Gasteiger partial charge on any atom is -0.481 e. The topological polar surface area (TPSA) is 69.6 Å². The maximum atomic E-state index is 11.9. The van der Waals surface area contributed by atoms with Crippen molar-refractivity contribution >= 4 is 23.8 Å². The maximum absolute atomic E-state index is 11.9. The highest BCUT2D eigenvalue weighted by Crippen LogP contribution is 2.19. The lowest BCUT2D eigenvalue weighted by Gasteiger charge is -2.34. The molecule has 1 aliphatic heterocycles. The number of carboxylic acid groups (broad SMARTS) is 1. The molecule has 1 fully saturated rings. The van der Waals surface area contributed by atoms with Crippen LogP contribution >= 0.6 is 11.8 Å². The Morgan fingerprint density at radius 2 is 2.24 bits per heavy atom. The molecule has 0 aromatic carbocycles. The van der Waals surface area contributed by atoms with E-state index in [1.54, 1.807) is 16.7 Å². The zero-order chi connectivity index (χ0) is 12.7. The third-order valence-electron chi connectivity index (χ3n) is 2.88. The first-order valence-corrected chi connectivity index (χ1v) is 7.29. The van der Waals surface area contributed by atoms with Gasteiger partial charge in [0.25, 0.3) is 0 Å². The lowest BCUT2D eigenvalue weighted by atomic mass is 10.00. The Bertz CT molecular complexity index is 273. The van der Waals surface area contributed by atoms with Crippen molar-refractivity contribution in [1.82, 2.24) is 10.2 Å². The van der Waals surface area contributed by atoms with Crippen LogP contribution in [0.25, 0.3) is 0 Å². The second-order valence-corrected chi connectivity index (χ2v) is 5.15. The minimum atomic E-state index is -0.834. The number of hydrogen-bond donors (Lipinski definition) is 2. The second kappa shape index (κ2) is 7.42. The summed E-state index contributed by atoms with van der Waals surface area (Å²) in [5.41, 5.74) is 0. The maximum Gasteiger partial charge on any atom is 0.317 e. The largest absolute Gasteiger partial charge is 0.481 e. The number of thioether (sulfide) groups is 1. The fourth-order valence-electron chi connectivity index (χ4n) is 2.04. The quantitative estimate of drug-likeness (QED) is 0.733. The summed E-state index contributed by atoms with van der Waals surface area (Å²) in [6, 6.07) is -0.263. The van der Waals surface area contributed by atoms with Gasteiger partial charge in [0.1, 0.15) is 0 Å². The van der Waals surface area contributed by atoms with Gasteiger partial charge in [-0.05, 0) is 25.5 Å². The van der Waals surface area contributed by atoms with Crippen LogP contribution in [0.5, 0.6) is 0 Å². The average Bonchev–Trinajstić information content (AvgIpc) is 2.29. The lowest BCUT2D eigenvalue weighted by molar-refractivity contribution is -0.138. The molecule has 0 aliphatic carbocycles. The van der Waals surface area contributed by atoms with E-state index in [4.69, 9.17) is 5.11 Å². The van der Waals surface area contributed by atoms with E-state index >= 15 is 0 Å². The van der Waals surface area contributed by atoms with Crippen molar-refractivity contribution in [2.45, 2.75) is 31.7 Å². The Hall–Kier alpha value is -0.910. The summed E-state index contributed by atoms with van der Waals surface area (Å²) in [6.45, 7) is 1.30. The molecule has 17 heavy (non-hydrogen) atoms. The van der Waals surface area contributed by atoms with Crippen molar-refractivity contribution in [2.24, 2.45) is 0 Å². The number of likely N-dealkylation sites (tertiary alicyclic amines) is 1. The highest BCUT2D eigenvalue weighted by molar-refractivity contribution is 7.98. The van der Waals surface area contributed by atoms with E-state index in [1.165, 1.54) is 0 Å². The van der Waals surface area contributed by atoms with Crippen molar-refractivity contribution in [2.75, 3.05) is 25.1 Å². The van der Waals surface area contributed by atoms with E-state index in [2.05, 4.69) is 5.32 Å². The van der Waals surface area contributed by atoms with Crippen LogP contribution in [-0.2, 0) is 4.79 Å². The summed E-state index contributed by atoms with van der Waals surface area (Å²) in [5, 5.41) is 11.6. The number of amides is 2. The molecule has 0 saturated carbocycles. The summed E-state index contributed by atoms with van der Waals surface area (Å²) in [6.07, 6.45) is 4.80. The Labute approximate surface area is 106 Å². The van der Waals surface area contributed by atoms with Crippen LogP contribution < -0.4 is 5.32 Å². The number of aliphatic carboxylic acids is 1. The smallest absolute Gasteiger partial charge is 0.317 e. The number of piperidine rings is 1. The molecule has 5 nitrogen and oxygen atoms in total. The van der Waals surface area contributed by atoms with Gasteiger partial charge < -0.3 is 15.3 Å². The molecule has 2 N–H and O–H groups in total. The third kappa shape index (κ3) is 4.85. The zero-order valence-corrected chi connectivity index (χ0v) is 11.0. The van der Waals surface area contributed by atoms with Gasteiger partial charge in [-0.2, -0.15) is 11.8 Å². The molecule has 0 radical (unpaired) electrons. The molecule has 0 aromatic rings. The number of hydrogen-bond acceptors (Lipinski definition) is 3. The number of nitrogens with one attached hydrogen (secondary N) is 1. The van der Waals surface area contributed by atoms with Crippen molar-refractivity contribution < 1.29 is 14.7 Å². The van der Waals surface area contributed by atoms with Crippen molar-refractivity contribution in [3.63, 3.8) is 0 Å². The van der Waals surface area contributed by atoms with Gasteiger partial charge in [0.05, 0.1) is 6.42 Å². The fourth-order valence-corrected chi connectivity index (χ4v) is 2.35. The van der Waals surface area contributed by atoms with Gasteiger partial charge in [0, 0.05) is 24.9 Å². The SMILES string of the molecule is CSCCNC(=O)N1CCCCC1CC(=O)O. The molecule has 1 heterocycles. The van der Waals surface area contributed by atoms with E-state index in [0.29, 0.717) is 13.1 Å². The summed E-state index contributed by atoms with van der Waals surface area (Å²) in [7, 11) is 0. The standard InChI is InChI=1S/C11H20N2O3S/c1-17-7-5-12-11(16)13-6-3-2-4-9(13)8-10(14)15/h9H,2-8H2,1H3,(H,12,16)(H,14,15). The number of carbonyl (C=O) groups is 2. The van der Waals surface area contributed by atoms with Gasteiger partial charge in [-0.1, -0.05) is 0 Å². The van der Waals surface area contributed by atoms with Crippen molar-refractivity contribution in [1.29, 1.82) is 0 Å². The van der Waals surface area contributed by atoms with Gasteiger partial charge in [0.2, 0.25) is 0 Å². The number of nitrogens with zero attached hydrogens (tertiary/aromatic N) is 1. The summed E-state index contributed by atoms with van der Waals surface area (Å²) in [5.74, 6) is 0.0437. The normalized spacial score (nSPS) is 20.1. The number of carbonyl (C=O) groups excluding carboxylic acids is 1.